The van der Waals surface area contributed by atoms with Gasteiger partial charge in [0.25, 0.3) is 0 Å². The first kappa shape index (κ1) is 17.1. The van der Waals surface area contributed by atoms with Gasteiger partial charge in [0, 0.05) is 33.1 Å². The molecule has 0 radical (unpaired) electrons. The number of amides is 1. The molecule has 3 N–H and O–H groups in total. The Bertz CT molecular complexity index is 399. The van der Waals surface area contributed by atoms with Crippen LogP contribution in [0.1, 0.15) is 45.4 Å². The van der Waals surface area contributed by atoms with Gasteiger partial charge in [-0.2, -0.15) is 0 Å². The number of aliphatic hydroxyl groups is 1. The van der Waals surface area contributed by atoms with Crippen molar-refractivity contribution in [3.05, 3.63) is 0 Å². The molecule has 0 atom stereocenters. The third-order valence-electron chi connectivity index (χ3n) is 4.81. The van der Waals surface area contributed by atoms with E-state index in [9.17, 15) is 9.90 Å². The largest absolute Gasteiger partial charge is 0.388 e. The van der Waals surface area contributed by atoms with Crippen molar-refractivity contribution in [2.75, 3.05) is 33.2 Å². The van der Waals surface area contributed by atoms with Crippen molar-refractivity contribution < 1.29 is 9.90 Å². The van der Waals surface area contributed by atoms with Gasteiger partial charge in [-0.05, 0) is 44.9 Å². The fraction of sp³-hybridized carbons (Fsp3) is 0.875. The summed E-state index contributed by atoms with van der Waals surface area (Å²) in [6.45, 7) is 5.23. The highest BCUT2D eigenvalue weighted by Gasteiger charge is 2.34. The molecular weight excluding hydrogens is 280 g/mol. The molecule has 6 nitrogen and oxygen atoms in total. The Balaban J connectivity index is 1.85. The number of rotatable bonds is 5. The van der Waals surface area contributed by atoms with E-state index in [1.807, 2.05) is 0 Å². The van der Waals surface area contributed by atoms with Crippen molar-refractivity contribution in [1.29, 1.82) is 0 Å². The van der Waals surface area contributed by atoms with E-state index in [4.69, 9.17) is 0 Å². The second-order valence-electron chi connectivity index (χ2n) is 6.56. The van der Waals surface area contributed by atoms with Crippen LogP contribution in [0, 0.1) is 5.92 Å². The highest BCUT2D eigenvalue weighted by molar-refractivity contribution is 5.80. The summed E-state index contributed by atoms with van der Waals surface area (Å²) in [5.74, 6) is 1.50. The number of carbonyl (C=O) groups excluding carboxylic acids is 1. The molecule has 22 heavy (non-hydrogen) atoms. The third-order valence-corrected chi connectivity index (χ3v) is 4.81. The molecule has 0 aromatic rings. The molecule has 2 fully saturated rings. The number of hydrogen-bond acceptors (Lipinski definition) is 3. The predicted molar refractivity (Wildman–Crippen MR) is 87.8 cm³/mol. The number of hydrogen-bond donors (Lipinski definition) is 3. The Morgan fingerprint density at radius 1 is 1.36 bits per heavy atom. The van der Waals surface area contributed by atoms with Crippen molar-refractivity contribution in [3.63, 3.8) is 0 Å². The van der Waals surface area contributed by atoms with Gasteiger partial charge in [-0.15, -0.1) is 0 Å². The summed E-state index contributed by atoms with van der Waals surface area (Å²) < 4.78 is 0. The van der Waals surface area contributed by atoms with Crippen LogP contribution in [0.4, 0.5) is 0 Å². The Kier molecular flexibility index (Phi) is 6.06. The summed E-state index contributed by atoms with van der Waals surface area (Å²) in [7, 11) is 1.69. The highest BCUT2D eigenvalue weighted by atomic mass is 16.3. The van der Waals surface area contributed by atoms with E-state index < -0.39 is 5.60 Å². The highest BCUT2D eigenvalue weighted by Crippen LogP contribution is 2.31. The smallest absolute Gasteiger partial charge is 0.220 e. The molecule has 0 unspecified atom stereocenters. The van der Waals surface area contributed by atoms with E-state index in [1.165, 1.54) is 0 Å². The van der Waals surface area contributed by atoms with E-state index in [2.05, 4.69) is 27.4 Å². The number of aliphatic imine (C=N–C) groups is 1. The van der Waals surface area contributed by atoms with Crippen molar-refractivity contribution in [2.45, 2.75) is 51.0 Å². The van der Waals surface area contributed by atoms with Gasteiger partial charge in [-0.3, -0.25) is 9.79 Å². The first-order chi connectivity index (χ1) is 10.6. The van der Waals surface area contributed by atoms with E-state index in [0.717, 1.165) is 57.7 Å². The summed E-state index contributed by atoms with van der Waals surface area (Å²) >= 11 is 0. The minimum atomic E-state index is -0.571. The SMILES string of the molecule is CCNC(=NCC1(O)CCC1)N1CCC(CC(=O)NC)CC1. The maximum Gasteiger partial charge on any atom is 0.220 e. The molecule has 126 valence electrons. The second-order valence-corrected chi connectivity index (χ2v) is 6.56. The standard InChI is InChI=1S/C16H30N4O2/c1-3-18-15(19-12-16(22)7-4-8-16)20-9-5-13(6-10-20)11-14(21)17-2/h13,22H,3-12H2,1-2H3,(H,17,21)(H,18,19). The lowest BCUT2D eigenvalue weighted by Gasteiger charge is -2.37. The van der Waals surface area contributed by atoms with Crippen molar-refractivity contribution >= 4 is 11.9 Å². The number of piperidine rings is 1. The minimum Gasteiger partial charge on any atom is -0.388 e. The lowest BCUT2D eigenvalue weighted by atomic mass is 9.80. The zero-order valence-corrected chi connectivity index (χ0v) is 13.9. The molecule has 1 amide bonds. The molecule has 1 heterocycles. The maximum atomic E-state index is 11.5. The van der Waals surface area contributed by atoms with Crippen molar-refractivity contribution in [1.82, 2.24) is 15.5 Å². The normalized spacial score (nSPS) is 22.1. The Morgan fingerprint density at radius 3 is 2.55 bits per heavy atom. The number of guanidine groups is 1. The number of nitrogens with zero attached hydrogens (tertiary/aromatic N) is 2. The van der Waals surface area contributed by atoms with Gasteiger partial charge in [-0.25, -0.2) is 0 Å². The Morgan fingerprint density at radius 2 is 2.05 bits per heavy atom. The third kappa shape index (κ3) is 4.60. The lowest BCUT2D eigenvalue weighted by molar-refractivity contribution is -0.121. The number of likely N-dealkylation sites (tertiary alicyclic amines) is 1. The van der Waals surface area contributed by atoms with Crippen LogP contribution >= 0.6 is 0 Å². The molecule has 2 aliphatic rings. The summed E-state index contributed by atoms with van der Waals surface area (Å²) in [6.07, 6.45) is 5.49. The van der Waals surface area contributed by atoms with E-state index in [-0.39, 0.29) is 5.91 Å². The predicted octanol–water partition coefficient (Wildman–Crippen LogP) is 0.715. The van der Waals surface area contributed by atoms with Gasteiger partial charge < -0.3 is 20.6 Å². The van der Waals surface area contributed by atoms with Crippen molar-refractivity contribution in [2.24, 2.45) is 10.9 Å². The van der Waals surface area contributed by atoms with Gasteiger partial charge in [0.2, 0.25) is 5.91 Å². The molecular formula is C16H30N4O2. The summed E-state index contributed by atoms with van der Waals surface area (Å²) in [5, 5.41) is 16.2. The molecule has 1 saturated carbocycles. The maximum absolute atomic E-state index is 11.5. The molecule has 0 bridgehead atoms. The molecule has 0 spiro atoms. The van der Waals surface area contributed by atoms with Crippen LogP contribution in [-0.4, -0.2) is 60.7 Å². The molecule has 2 rings (SSSR count). The van der Waals surface area contributed by atoms with E-state index in [0.29, 0.717) is 18.9 Å². The van der Waals surface area contributed by atoms with Gasteiger partial charge in [0.1, 0.15) is 0 Å². The van der Waals surface area contributed by atoms with E-state index >= 15 is 0 Å². The van der Waals surface area contributed by atoms with Gasteiger partial charge >= 0.3 is 0 Å². The molecule has 1 aliphatic heterocycles. The molecule has 6 heteroatoms. The molecule has 0 aromatic carbocycles. The minimum absolute atomic E-state index is 0.131. The van der Waals surface area contributed by atoms with Crippen LogP contribution in [0.3, 0.4) is 0 Å². The lowest BCUT2D eigenvalue weighted by Crippen LogP contribution is -2.47. The van der Waals surface area contributed by atoms with Gasteiger partial charge in [0.05, 0.1) is 12.1 Å². The molecule has 1 aliphatic carbocycles. The van der Waals surface area contributed by atoms with Gasteiger partial charge in [-0.1, -0.05) is 0 Å². The fourth-order valence-electron chi connectivity index (χ4n) is 3.10. The zero-order valence-electron chi connectivity index (χ0n) is 13.9. The van der Waals surface area contributed by atoms with Crippen LogP contribution < -0.4 is 10.6 Å². The number of carbonyl (C=O) groups is 1. The monoisotopic (exact) mass is 310 g/mol. The van der Waals surface area contributed by atoms with Crippen molar-refractivity contribution in [3.8, 4) is 0 Å². The second kappa shape index (κ2) is 7.81. The average Bonchev–Trinajstić information content (AvgIpc) is 2.50. The van der Waals surface area contributed by atoms with Crippen LogP contribution in [0.5, 0.6) is 0 Å². The fourth-order valence-corrected chi connectivity index (χ4v) is 3.10. The molecule has 0 aromatic heterocycles. The number of nitrogens with one attached hydrogen (secondary N) is 2. The summed E-state index contributed by atoms with van der Waals surface area (Å²) in [6, 6.07) is 0. The first-order valence-electron chi connectivity index (χ1n) is 8.52. The Hall–Kier alpha value is -1.30. The van der Waals surface area contributed by atoms with Crippen LogP contribution in [0.2, 0.25) is 0 Å². The quantitative estimate of drug-likeness (QED) is 0.516. The molecule has 1 saturated heterocycles. The summed E-state index contributed by atoms with van der Waals surface area (Å²) in [5.41, 5.74) is -0.571. The topological polar surface area (TPSA) is 77.0 Å². The summed E-state index contributed by atoms with van der Waals surface area (Å²) in [4.78, 5) is 18.4. The average molecular weight is 310 g/mol. The van der Waals surface area contributed by atoms with Crippen LogP contribution in [0.25, 0.3) is 0 Å². The van der Waals surface area contributed by atoms with Crippen LogP contribution in [-0.2, 0) is 4.79 Å². The first-order valence-corrected chi connectivity index (χ1v) is 8.52. The van der Waals surface area contributed by atoms with Crippen LogP contribution in [0.15, 0.2) is 4.99 Å². The van der Waals surface area contributed by atoms with Gasteiger partial charge in [0.15, 0.2) is 5.96 Å². The van der Waals surface area contributed by atoms with E-state index in [1.54, 1.807) is 7.05 Å². The zero-order chi connectivity index (χ0) is 16.0. The Labute approximate surface area is 133 Å².